The van der Waals surface area contributed by atoms with E-state index >= 15 is 0 Å². The minimum absolute atomic E-state index is 0.0390. The zero-order chi connectivity index (χ0) is 23.9. The first-order valence-corrected chi connectivity index (χ1v) is 11.3. The molecule has 4 rings (SSSR count). The smallest absolute Gasteiger partial charge is 0.303 e. The van der Waals surface area contributed by atoms with Crippen molar-refractivity contribution in [3.05, 3.63) is 113 Å². The number of carboxylic acid groups (broad SMARTS) is 1. The van der Waals surface area contributed by atoms with Crippen LogP contribution in [0.4, 0.5) is 0 Å². The maximum absolute atomic E-state index is 13.2. The average molecular weight is 454 g/mol. The Hall–Kier alpha value is -4.12. The van der Waals surface area contributed by atoms with Gasteiger partial charge in [-0.15, -0.1) is 0 Å². The van der Waals surface area contributed by atoms with Gasteiger partial charge in [-0.05, 0) is 58.5 Å². The normalized spacial score (nSPS) is 10.7. The SMILES string of the molecule is Cc1ccccc1OCc1ccc(CCC(=O)O)c(C(=O)NCc2cccc3ccccc23)c1. The Morgan fingerprint density at radius 1 is 0.882 bits per heavy atom. The van der Waals surface area contributed by atoms with Crippen molar-refractivity contribution in [2.24, 2.45) is 0 Å². The fourth-order valence-electron chi connectivity index (χ4n) is 3.98. The summed E-state index contributed by atoms with van der Waals surface area (Å²) in [6.07, 6.45) is 0.244. The molecule has 0 radical (unpaired) electrons. The van der Waals surface area contributed by atoms with Crippen molar-refractivity contribution < 1.29 is 19.4 Å². The molecule has 0 aliphatic rings. The van der Waals surface area contributed by atoms with Gasteiger partial charge in [0.25, 0.3) is 5.91 Å². The van der Waals surface area contributed by atoms with Gasteiger partial charge in [-0.2, -0.15) is 0 Å². The molecule has 34 heavy (non-hydrogen) atoms. The summed E-state index contributed by atoms with van der Waals surface area (Å²) in [5.41, 5.74) is 4.09. The lowest BCUT2D eigenvalue weighted by atomic mass is 9.99. The summed E-state index contributed by atoms with van der Waals surface area (Å²) in [5, 5.41) is 14.4. The highest BCUT2D eigenvalue weighted by Crippen LogP contribution is 2.21. The van der Waals surface area contributed by atoms with Crippen molar-refractivity contribution in [1.29, 1.82) is 0 Å². The Balaban J connectivity index is 1.54. The molecule has 0 unspecified atom stereocenters. The van der Waals surface area contributed by atoms with E-state index in [4.69, 9.17) is 9.84 Å². The third-order valence-corrected chi connectivity index (χ3v) is 5.83. The van der Waals surface area contributed by atoms with Crippen LogP contribution >= 0.6 is 0 Å². The van der Waals surface area contributed by atoms with Crippen LogP contribution in [0.2, 0.25) is 0 Å². The van der Waals surface area contributed by atoms with Crippen LogP contribution in [0.15, 0.2) is 84.9 Å². The lowest BCUT2D eigenvalue weighted by Crippen LogP contribution is -2.24. The highest BCUT2D eigenvalue weighted by atomic mass is 16.5. The molecule has 4 aromatic rings. The first kappa shape index (κ1) is 23.1. The molecule has 0 bridgehead atoms. The van der Waals surface area contributed by atoms with Gasteiger partial charge >= 0.3 is 5.97 Å². The van der Waals surface area contributed by atoms with Crippen molar-refractivity contribution in [2.45, 2.75) is 32.9 Å². The number of rotatable bonds is 9. The molecule has 0 aliphatic heterocycles. The number of para-hydroxylation sites is 1. The van der Waals surface area contributed by atoms with Crippen molar-refractivity contribution in [3.63, 3.8) is 0 Å². The Labute approximate surface area is 199 Å². The maximum atomic E-state index is 13.2. The van der Waals surface area contributed by atoms with Crippen molar-refractivity contribution in [2.75, 3.05) is 0 Å². The van der Waals surface area contributed by atoms with Crippen molar-refractivity contribution in [3.8, 4) is 5.75 Å². The topological polar surface area (TPSA) is 75.6 Å². The fraction of sp³-hybridized carbons (Fsp3) is 0.172. The van der Waals surface area contributed by atoms with E-state index in [1.54, 1.807) is 6.07 Å². The van der Waals surface area contributed by atoms with Gasteiger partial charge < -0.3 is 15.2 Å². The monoisotopic (exact) mass is 453 g/mol. The molecular formula is C29H27NO4. The van der Waals surface area contributed by atoms with E-state index in [9.17, 15) is 9.59 Å². The van der Waals surface area contributed by atoms with E-state index in [1.807, 2.05) is 85.8 Å². The van der Waals surface area contributed by atoms with E-state index in [1.165, 1.54) is 0 Å². The molecule has 4 aromatic carbocycles. The van der Waals surface area contributed by atoms with Gasteiger partial charge in [0.1, 0.15) is 12.4 Å². The number of ether oxygens (including phenoxy) is 1. The number of nitrogens with one attached hydrogen (secondary N) is 1. The van der Waals surface area contributed by atoms with E-state index < -0.39 is 5.97 Å². The molecule has 0 spiro atoms. The lowest BCUT2D eigenvalue weighted by molar-refractivity contribution is -0.136. The number of aryl methyl sites for hydroxylation is 2. The van der Waals surface area contributed by atoms with Crippen molar-refractivity contribution in [1.82, 2.24) is 5.32 Å². The molecule has 0 aliphatic carbocycles. The maximum Gasteiger partial charge on any atom is 0.303 e. The average Bonchev–Trinajstić information content (AvgIpc) is 2.85. The largest absolute Gasteiger partial charge is 0.489 e. The predicted molar refractivity (Wildman–Crippen MR) is 133 cm³/mol. The number of carboxylic acids is 1. The molecule has 0 heterocycles. The molecule has 5 heteroatoms. The number of carbonyl (C=O) groups excluding carboxylic acids is 1. The number of benzene rings is 4. The van der Waals surface area contributed by atoms with Gasteiger partial charge in [-0.1, -0.05) is 72.8 Å². The molecule has 0 saturated heterocycles. The van der Waals surface area contributed by atoms with Crippen molar-refractivity contribution >= 4 is 22.6 Å². The second kappa shape index (κ2) is 10.7. The standard InChI is InChI=1S/C29H27NO4/c1-20-7-2-5-12-27(20)34-19-21-13-14-23(15-16-28(31)32)26(17-21)29(33)30-18-24-10-6-9-22-8-3-4-11-25(22)24/h2-14,17H,15-16,18-19H2,1H3,(H,30,33)(H,31,32). The predicted octanol–water partition coefficient (Wildman–Crippen LogP) is 5.67. The molecule has 0 saturated carbocycles. The molecule has 0 aromatic heterocycles. The van der Waals surface area contributed by atoms with Crippen LogP contribution in [-0.4, -0.2) is 17.0 Å². The van der Waals surface area contributed by atoms with E-state index in [0.29, 0.717) is 24.3 Å². The van der Waals surface area contributed by atoms with Gasteiger partial charge in [0.05, 0.1) is 0 Å². The number of hydrogen-bond acceptors (Lipinski definition) is 3. The Kier molecular flexibility index (Phi) is 7.23. The summed E-state index contributed by atoms with van der Waals surface area (Å²) in [5.74, 6) is -0.334. The van der Waals surface area contributed by atoms with Crippen LogP contribution in [-0.2, 0) is 24.4 Å². The highest BCUT2D eigenvalue weighted by molar-refractivity contribution is 5.96. The zero-order valence-electron chi connectivity index (χ0n) is 19.1. The second-order valence-corrected chi connectivity index (χ2v) is 8.26. The first-order valence-electron chi connectivity index (χ1n) is 11.3. The summed E-state index contributed by atoms with van der Waals surface area (Å²) < 4.78 is 5.95. The second-order valence-electron chi connectivity index (χ2n) is 8.26. The third kappa shape index (κ3) is 5.62. The molecule has 5 nitrogen and oxygen atoms in total. The van der Waals surface area contributed by atoms with Crippen LogP contribution in [0.1, 0.15) is 39.0 Å². The Morgan fingerprint density at radius 3 is 2.47 bits per heavy atom. The number of fused-ring (bicyclic) bond motifs is 1. The van der Waals surface area contributed by atoms with Crippen LogP contribution < -0.4 is 10.1 Å². The molecule has 2 N–H and O–H groups in total. The minimum Gasteiger partial charge on any atom is -0.489 e. The molecular weight excluding hydrogens is 426 g/mol. The number of carbonyl (C=O) groups is 2. The first-order chi connectivity index (χ1) is 16.5. The summed E-state index contributed by atoms with van der Waals surface area (Å²) in [4.78, 5) is 24.3. The quantitative estimate of drug-likeness (QED) is 0.342. The molecule has 1 amide bonds. The van der Waals surface area contributed by atoms with Crippen LogP contribution in [0, 0.1) is 6.92 Å². The molecule has 0 fully saturated rings. The van der Waals surface area contributed by atoms with E-state index in [0.717, 1.165) is 33.2 Å². The number of hydrogen-bond donors (Lipinski definition) is 2. The molecule has 0 atom stereocenters. The Morgan fingerprint density at radius 2 is 1.65 bits per heavy atom. The van der Waals surface area contributed by atoms with Gasteiger partial charge in [-0.25, -0.2) is 0 Å². The number of amides is 1. The van der Waals surface area contributed by atoms with Gasteiger partial charge in [-0.3, -0.25) is 9.59 Å². The summed E-state index contributed by atoms with van der Waals surface area (Å²) in [6.45, 7) is 2.67. The summed E-state index contributed by atoms with van der Waals surface area (Å²) in [6, 6.07) is 27.4. The van der Waals surface area contributed by atoms with Gasteiger partial charge in [0, 0.05) is 18.5 Å². The highest BCUT2D eigenvalue weighted by Gasteiger charge is 2.14. The van der Waals surface area contributed by atoms with E-state index in [2.05, 4.69) is 5.32 Å². The Bertz CT molecular complexity index is 1320. The lowest BCUT2D eigenvalue weighted by Gasteiger charge is -2.14. The number of aliphatic carboxylic acids is 1. The summed E-state index contributed by atoms with van der Waals surface area (Å²) in [7, 11) is 0. The minimum atomic E-state index is -0.894. The summed E-state index contributed by atoms with van der Waals surface area (Å²) >= 11 is 0. The third-order valence-electron chi connectivity index (χ3n) is 5.83. The van der Waals surface area contributed by atoms with Gasteiger partial charge in [0.2, 0.25) is 0 Å². The zero-order valence-corrected chi connectivity index (χ0v) is 19.1. The van der Waals surface area contributed by atoms with Crippen LogP contribution in [0.3, 0.4) is 0 Å². The van der Waals surface area contributed by atoms with Crippen LogP contribution in [0.5, 0.6) is 5.75 Å². The van der Waals surface area contributed by atoms with E-state index in [-0.39, 0.29) is 18.7 Å². The van der Waals surface area contributed by atoms with Crippen LogP contribution in [0.25, 0.3) is 10.8 Å². The molecule has 172 valence electrons. The van der Waals surface area contributed by atoms with Gasteiger partial charge in [0.15, 0.2) is 0 Å². The fourth-order valence-corrected chi connectivity index (χ4v) is 3.98.